The van der Waals surface area contributed by atoms with Gasteiger partial charge in [0.25, 0.3) is 0 Å². The molecule has 0 aliphatic carbocycles. The van der Waals surface area contributed by atoms with Crippen molar-refractivity contribution < 1.29 is 0 Å². The Morgan fingerprint density at radius 1 is 0.485 bits per heavy atom. The predicted molar refractivity (Wildman–Crippen MR) is 139 cm³/mol. The van der Waals surface area contributed by atoms with E-state index in [-0.39, 0.29) is 0 Å². The normalized spacial score (nSPS) is 11.5. The summed E-state index contributed by atoms with van der Waals surface area (Å²) in [7, 11) is 0. The summed E-state index contributed by atoms with van der Waals surface area (Å²) in [6, 6.07) is 39.6. The molecule has 0 atom stereocenters. The second-order valence-electron chi connectivity index (χ2n) is 8.87. The number of fused-ring (bicyclic) bond motifs is 2. The topological polar surface area (TPSA) is 9.86 Å². The average Bonchev–Trinajstić information content (AvgIpc) is 3.35. The lowest BCUT2D eigenvalue weighted by Crippen LogP contribution is -1.98. The van der Waals surface area contributed by atoms with Gasteiger partial charge in [-0.1, -0.05) is 60.7 Å². The first kappa shape index (κ1) is 19.6. The Morgan fingerprint density at radius 2 is 0.879 bits per heavy atom. The standard InChI is InChI=1S/C31H26N2/c1-22-19-26-7-3-5-9-30(26)32(22)28-15-11-24(12-16-28)21-25-13-17-29(18-14-25)33-23(2)20-27-8-4-6-10-31(27)33/h3-20H,21H2,1-2H3. The van der Waals surface area contributed by atoms with Crippen LogP contribution >= 0.6 is 0 Å². The van der Waals surface area contributed by atoms with E-state index in [1.165, 1.54) is 55.7 Å². The van der Waals surface area contributed by atoms with E-state index < -0.39 is 0 Å². The number of aryl methyl sites for hydroxylation is 2. The fourth-order valence-corrected chi connectivity index (χ4v) is 5.03. The van der Waals surface area contributed by atoms with Crippen LogP contribution in [0, 0.1) is 13.8 Å². The van der Waals surface area contributed by atoms with Crippen LogP contribution < -0.4 is 0 Å². The van der Waals surface area contributed by atoms with Crippen LogP contribution in [-0.4, -0.2) is 9.13 Å². The Bertz CT molecular complexity index is 1460. The van der Waals surface area contributed by atoms with Gasteiger partial charge < -0.3 is 9.13 Å². The number of hydrogen-bond acceptors (Lipinski definition) is 0. The molecule has 6 rings (SSSR count). The average molecular weight is 427 g/mol. The van der Waals surface area contributed by atoms with Crippen molar-refractivity contribution in [2.45, 2.75) is 20.3 Å². The molecule has 0 bridgehead atoms. The zero-order valence-corrected chi connectivity index (χ0v) is 19.0. The molecule has 4 aromatic carbocycles. The van der Waals surface area contributed by atoms with Crippen molar-refractivity contribution in [2.24, 2.45) is 0 Å². The predicted octanol–water partition coefficient (Wildman–Crippen LogP) is 7.78. The molecule has 0 N–H and O–H groups in total. The van der Waals surface area contributed by atoms with E-state index in [0.29, 0.717) is 0 Å². The van der Waals surface area contributed by atoms with Gasteiger partial charge in [0, 0.05) is 33.5 Å². The molecule has 33 heavy (non-hydrogen) atoms. The molecular formula is C31H26N2. The van der Waals surface area contributed by atoms with Crippen molar-refractivity contribution in [3.05, 3.63) is 132 Å². The lowest BCUT2D eigenvalue weighted by Gasteiger charge is -2.11. The van der Waals surface area contributed by atoms with Gasteiger partial charge in [-0.2, -0.15) is 0 Å². The van der Waals surface area contributed by atoms with E-state index >= 15 is 0 Å². The van der Waals surface area contributed by atoms with Gasteiger partial charge in [0.1, 0.15) is 0 Å². The summed E-state index contributed by atoms with van der Waals surface area (Å²) >= 11 is 0. The molecule has 0 unspecified atom stereocenters. The second-order valence-corrected chi connectivity index (χ2v) is 8.87. The maximum atomic E-state index is 2.33. The minimum absolute atomic E-state index is 0.928. The van der Waals surface area contributed by atoms with Gasteiger partial charge in [-0.25, -0.2) is 0 Å². The highest BCUT2D eigenvalue weighted by atomic mass is 15.0. The highest BCUT2D eigenvalue weighted by molar-refractivity contribution is 5.84. The molecule has 6 aromatic rings. The molecule has 0 aliphatic heterocycles. The van der Waals surface area contributed by atoms with Crippen molar-refractivity contribution in [1.29, 1.82) is 0 Å². The SMILES string of the molecule is Cc1cc2ccccc2n1-c1ccc(Cc2ccc(-n3c(C)cc4ccccc43)cc2)cc1. The van der Waals surface area contributed by atoms with Gasteiger partial charge in [0.15, 0.2) is 0 Å². The summed E-state index contributed by atoms with van der Waals surface area (Å²) in [6.45, 7) is 4.34. The minimum Gasteiger partial charge on any atom is -0.314 e. The monoisotopic (exact) mass is 426 g/mol. The number of hydrogen-bond donors (Lipinski definition) is 0. The van der Waals surface area contributed by atoms with Gasteiger partial charge in [-0.05, 0) is 79.9 Å². The first-order chi connectivity index (χ1) is 16.2. The van der Waals surface area contributed by atoms with Crippen LogP contribution in [0.5, 0.6) is 0 Å². The van der Waals surface area contributed by atoms with Crippen LogP contribution in [0.2, 0.25) is 0 Å². The molecular weight excluding hydrogens is 400 g/mol. The molecule has 0 radical (unpaired) electrons. The smallest absolute Gasteiger partial charge is 0.0531 e. The maximum absolute atomic E-state index is 2.33. The molecule has 0 amide bonds. The lowest BCUT2D eigenvalue weighted by molar-refractivity contribution is 1.04. The molecule has 160 valence electrons. The first-order valence-electron chi connectivity index (χ1n) is 11.5. The van der Waals surface area contributed by atoms with Crippen LogP contribution in [0.25, 0.3) is 33.2 Å². The van der Waals surface area contributed by atoms with Gasteiger partial charge in [0.2, 0.25) is 0 Å². The quantitative estimate of drug-likeness (QED) is 0.272. The Kier molecular flexibility index (Phi) is 4.66. The summed E-state index contributed by atoms with van der Waals surface area (Å²) in [5.41, 5.74) is 10.1. The number of benzene rings is 4. The highest BCUT2D eigenvalue weighted by Crippen LogP contribution is 2.26. The molecule has 0 saturated heterocycles. The number of aromatic nitrogens is 2. The van der Waals surface area contributed by atoms with E-state index in [1.807, 2.05) is 0 Å². The first-order valence-corrected chi connectivity index (χ1v) is 11.5. The van der Waals surface area contributed by atoms with Gasteiger partial charge in [0.05, 0.1) is 11.0 Å². The van der Waals surface area contributed by atoms with Crippen molar-refractivity contribution >= 4 is 21.8 Å². The van der Waals surface area contributed by atoms with Crippen LogP contribution in [0.15, 0.2) is 109 Å². The zero-order valence-electron chi connectivity index (χ0n) is 19.0. The lowest BCUT2D eigenvalue weighted by atomic mass is 10.0. The second kappa shape index (κ2) is 7.83. The van der Waals surface area contributed by atoms with Gasteiger partial charge in [-0.3, -0.25) is 0 Å². The fourth-order valence-electron chi connectivity index (χ4n) is 5.03. The zero-order chi connectivity index (χ0) is 22.4. The largest absolute Gasteiger partial charge is 0.314 e. The Morgan fingerprint density at radius 3 is 1.30 bits per heavy atom. The fraction of sp³-hybridized carbons (Fsp3) is 0.0968. The van der Waals surface area contributed by atoms with Crippen molar-refractivity contribution in [3.8, 4) is 11.4 Å². The van der Waals surface area contributed by atoms with E-state index in [9.17, 15) is 0 Å². The Labute approximate surface area is 194 Å². The molecule has 2 heterocycles. The van der Waals surface area contributed by atoms with E-state index in [1.54, 1.807) is 0 Å². The molecule has 0 saturated carbocycles. The van der Waals surface area contributed by atoms with Crippen molar-refractivity contribution in [1.82, 2.24) is 9.13 Å². The number of rotatable bonds is 4. The maximum Gasteiger partial charge on any atom is 0.0531 e. The molecule has 0 aliphatic rings. The third-order valence-corrected chi connectivity index (χ3v) is 6.59. The van der Waals surface area contributed by atoms with Crippen molar-refractivity contribution in [3.63, 3.8) is 0 Å². The Hall–Kier alpha value is -4.04. The number of nitrogens with zero attached hydrogens (tertiary/aromatic N) is 2. The van der Waals surface area contributed by atoms with Crippen LogP contribution in [0.1, 0.15) is 22.5 Å². The van der Waals surface area contributed by atoms with E-state index in [0.717, 1.165) is 6.42 Å². The molecule has 2 nitrogen and oxygen atoms in total. The Balaban J connectivity index is 1.26. The van der Waals surface area contributed by atoms with Crippen LogP contribution in [-0.2, 0) is 6.42 Å². The molecule has 2 aromatic heterocycles. The molecule has 2 heteroatoms. The highest BCUT2D eigenvalue weighted by Gasteiger charge is 2.09. The summed E-state index contributed by atoms with van der Waals surface area (Å²) in [6.07, 6.45) is 0.928. The minimum atomic E-state index is 0.928. The number of para-hydroxylation sites is 2. The summed E-state index contributed by atoms with van der Waals surface area (Å²) < 4.78 is 4.66. The van der Waals surface area contributed by atoms with E-state index in [2.05, 4.69) is 132 Å². The third-order valence-electron chi connectivity index (χ3n) is 6.59. The van der Waals surface area contributed by atoms with Gasteiger partial charge in [-0.15, -0.1) is 0 Å². The third kappa shape index (κ3) is 3.44. The van der Waals surface area contributed by atoms with Crippen molar-refractivity contribution in [2.75, 3.05) is 0 Å². The van der Waals surface area contributed by atoms with Crippen LogP contribution in [0.4, 0.5) is 0 Å². The van der Waals surface area contributed by atoms with Crippen LogP contribution in [0.3, 0.4) is 0 Å². The van der Waals surface area contributed by atoms with Gasteiger partial charge >= 0.3 is 0 Å². The molecule has 0 spiro atoms. The summed E-state index contributed by atoms with van der Waals surface area (Å²) in [5.74, 6) is 0. The van der Waals surface area contributed by atoms with E-state index in [4.69, 9.17) is 0 Å². The summed E-state index contributed by atoms with van der Waals surface area (Å²) in [4.78, 5) is 0. The molecule has 0 fully saturated rings. The summed E-state index contributed by atoms with van der Waals surface area (Å²) in [5, 5.41) is 2.56.